The molecule has 0 bridgehead atoms. The fourth-order valence-electron chi connectivity index (χ4n) is 1.91. The van der Waals surface area contributed by atoms with Gasteiger partial charge in [-0.25, -0.2) is 0 Å². The van der Waals surface area contributed by atoms with Crippen LogP contribution < -0.4 is 4.74 Å². The highest BCUT2D eigenvalue weighted by Gasteiger charge is 2.08. The van der Waals surface area contributed by atoms with Crippen molar-refractivity contribution in [3.05, 3.63) is 30.5 Å². The molecule has 0 spiro atoms. The van der Waals surface area contributed by atoms with Crippen molar-refractivity contribution in [2.24, 2.45) is 0 Å². The maximum Gasteiger partial charge on any atom is 0.119 e. The lowest BCUT2D eigenvalue weighted by Crippen LogP contribution is -2.28. The summed E-state index contributed by atoms with van der Waals surface area (Å²) in [6, 6.07) is 8.87. The van der Waals surface area contributed by atoms with Gasteiger partial charge in [0.05, 0.1) is 7.11 Å². The van der Waals surface area contributed by atoms with Gasteiger partial charge in [0.15, 0.2) is 0 Å². The Hall–Kier alpha value is -1.48. The summed E-state index contributed by atoms with van der Waals surface area (Å²) in [7, 11) is 5.92. The molecule has 0 fully saturated rings. The number of rotatable bonds is 4. The summed E-state index contributed by atoms with van der Waals surface area (Å²) in [5.74, 6) is 0.913. The normalized spacial score (nSPS) is 13.2. The van der Waals surface area contributed by atoms with Crippen LogP contribution in [0.2, 0.25) is 0 Å². The minimum atomic E-state index is 0.521. The van der Waals surface area contributed by atoms with Crippen LogP contribution in [0.25, 0.3) is 10.9 Å². The van der Waals surface area contributed by atoms with Gasteiger partial charge >= 0.3 is 0 Å². The van der Waals surface area contributed by atoms with Crippen LogP contribution in [0.4, 0.5) is 0 Å². The molecular weight excluding hydrogens is 212 g/mol. The van der Waals surface area contributed by atoms with Gasteiger partial charge in [0, 0.05) is 29.7 Å². The number of nitrogens with zero attached hydrogens (tertiary/aromatic N) is 2. The van der Waals surface area contributed by atoms with Crippen molar-refractivity contribution in [1.29, 1.82) is 0 Å². The summed E-state index contributed by atoms with van der Waals surface area (Å²) >= 11 is 0. The number of hydrogen-bond donors (Lipinski definition) is 0. The average Bonchev–Trinajstić information content (AvgIpc) is 2.71. The first-order valence-corrected chi connectivity index (χ1v) is 5.91. The smallest absolute Gasteiger partial charge is 0.119 e. The molecule has 2 rings (SSSR count). The molecule has 17 heavy (non-hydrogen) atoms. The van der Waals surface area contributed by atoms with Crippen LogP contribution in [-0.2, 0) is 6.54 Å². The maximum absolute atomic E-state index is 5.23. The SMILES string of the molecule is COc1ccc2c(ccn2C[C@@H](C)N(C)C)c1. The van der Waals surface area contributed by atoms with Gasteiger partial charge in [-0.1, -0.05) is 0 Å². The van der Waals surface area contributed by atoms with Crippen LogP contribution in [0.3, 0.4) is 0 Å². The van der Waals surface area contributed by atoms with Gasteiger partial charge in [0.25, 0.3) is 0 Å². The summed E-state index contributed by atoms with van der Waals surface area (Å²) in [5, 5.41) is 1.23. The van der Waals surface area contributed by atoms with Crippen LogP contribution in [0.5, 0.6) is 5.75 Å². The molecule has 0 saturated heterocycles. The second kappa shape index (κ2) is 4.80. The number of fused-ring (bicyclic) bond motifs is 1. The Balaban J connectivity index is 2.30. The van der Waals surface area contributed by atoms with Crippen molar-refractivity contribution in [2.75, 3.05) is 21.2 Å². The fourth-order valence-corrected chi connectivity index (χ4v) is 1.91. The van der Waals surface area contributed by atoms with E-state index in [4.69, 9.17) is 4.74 Å². The quantitative estimate of drug-likeness (QED) is 0.806. The minimum Gasteiger partial charge on any atom is -0.497 e. The van der Waals surface area contributed by atoms with Crippen LogP contribution in [0.15, 0.2) is 30.5 Å². The Kier molecular flexibility index (Phi) is 3.38. The van der Waals surface area contributed by atoms with Crippen molar-refractivity contribution >= 4 is 10.9 Å². The summed E-state index contributed by atoms with van der Waals surface area (Å²) in [4.78, 5) is 2.23. The van der Waals surface area contributed by atoms with E-state index in [2.05, 4.69) is 54.9 Å². The van der Waals surface area contributed by atoms with Crippen molar-refractivity contribution in [3.8, 4) is 5.75 Å². The predicted molar refractivity (Wildman–Crippen MR) is 71.6 cm³/mol. The Morgan fingerprint density at radius 3 is 2.71 bits per heavy atom. The molecule has 2 aromatic rings. The van der Waals surface area contributed by atoms with Crippen LogP contribution in [0, 0.1) is 0 Å². The fraction of sp³-hybridized carbons (Fsp3) is 0.429. The molecule has 1 atom stereocenters. The molecule has 0 N–H and O–H groups in total. The summed E-state index contributed by atoms with van der Waals surface area (Å²) in [5.41, 5.74) is 1.26. The molecule has 0 saturated carbocycles. The Bertz CT molecular complexity index is 502. The van der Waals surface area contributed by atoms with E-state index in [0.717, 1.165) is 12.3 Å². The van der Waals surface area contributed by atoms with E-state index >= 15 is 0 Å². The van der Waals surface area contributed by atoms with E-state index in [1.165, 1.54) is 10.9 Å². The molecule has 1 heterocycles. The summed E-state index contributed by atoms with van der Waals surface area (Å²) < 4.78 is 7.52. The molecule has 3 heteroatoms. The maximum atomic E-state index is 5.23. The van der Waals surface area contributed by atoms with Crippen LogP contribution in [0.1, 0.15) is 6.92 Å². The largest absolute Gasteiger partial charge is 0.497 e. The Labute approximate surface area is 103 Å². The van der Waals surface area contributed by atoms with E-state index in [0.29, 0.717) is 6.04 Å². The molecule has 0 amide bonds. The summed E-state index contributed by atoms with van der Waals surface area (Å²) in [6.07, 6.45) is 2.14. The van der Waals surface area contributed by atoms with Gasteiger partial charge in [-0.3, -0.25) is 0 Å². The van der Waals surface area contributed by atoms with Crippen LogP contribution in [-0.4, -0.2) is 36.7 Å². The second-order valence-electron chi connectivity index (χ2n) is 4.71. The highest BCUT2D eigenvalue weighted by atomic mass is 16.5. The number of hydrogen-bond acceptors (Lipinski definition) is 2. The highest BCUT2D eigenvalue weighted by molar-refractivity contribution is 5.81. The Morgan fingerprint density at radius 2 is 2.06 bits per heavy atom. The monoisotopic (exact) mass is 232 g/mol. The second-order valence-corrected chi connectivity index (χ2v) is 4.71. The van der Waals surface area contributed by atoms with Gasteiger partial charge in [0.1, 0.15) is 5.75 Å². The molecule has 0 aliphatic rings. The lowest BCUT2D eigenvalue weighted by molar-refractivity contribution is 0.286. The molecule has 1 aromatic heterocycles. The minimum absolute atomic E-state index is 0.521. The van der Waals surface area contributed by atoms with Crippen LogP contribution >= 0.6 is 0 Å². The molecule has 1 aromatic carbocycles. The standard InChI is InChI=1S/C14H20N2O/c1-11(15(2)3)10-16-8-7-12-9-13(17-4)5-6-14(12)16/h5-9,11H,10H2,1-4H3/t11-/m1/s1. The van der Waals surface area contributed by atoms with Gasteiger partial charge in [0.2, 0.25) is 0 Å². The molecule has 3 nitrogen and oxygen atoms in total. The van der Waals surface area contributed by atoms with Gasteiger partial charge in [-0.2, -0.15) is 0 Å². The lowest BCUT2D eigenvalue weighted by atomic mass is 10.2. The predicted octanol–water partition coefficient (Wildman–Crippen LogP) is 2.60. The van der Waals surface area contributed by atoms with E-state index in [1.807, 2.05) is 6.07 Å². The third-order valence-corrected chi connectivity index (χ3v) is 3.32. The first kappa shape index (κ1) is 12.0. The number of aromatic nitrogens is 1. The average molecular weight is 232 g/mol. The van der Waals surface area contributed by atoms with E-state index < -0.39 is 0 Å². The van der Waals surface area contributed by atoms with Gasteiger partial charge in [-0.05, 0) is 45.3 Å². The van der Waals surface area contributed by atoms with Crippen molar-refractivity contribution < 1.29 is 4.74 Å². The zero-order valence-electron chi connectivity index (χ0n) is 11.0. The molecule has 0 aliphatic heterocycles. The van der Waals surface area contributed by atoms with Crippen molar-refractivity contribution in [1.82, 2.24) is 9.47 Å². The number of benzene rings is 1. The van der Waals surface area contributed by atoms with Crippen molar-refractivity contribution in [3.63, 3.8) is 0 Å². The molecule has 0 radical (unpaired) electrons. The molecule has 92 valence electrons. The van der Waals surface area contributed by atoms with E-state index in [1.54, 1.807) is 7.11 Å². The molecule has 0 aliphatic carbocycles. The topological polar surface area (TPSA) is 17.4 Å². The third kappa shape index (κ3) is 2.44. The number of ether oxygens (including phenoxy) is 1. The number of methoxy groups -OCH3 is 1. The first-order chi connectivity index (χ1) is 8.11. The Morgan fingerprint density at radius 1 is 1.29 bits per heavy atom. The van der Waals surface area contributed by atoms with E-state index in [9.17, 15) is 0 Å². The summed E-state index contributed by atoms with van der Waals surface area (Å²) in [6.45, 7) is 3.23. The van der Waals surface area contributed by atoms with Gasteiger partial charge < -0.3 is 14.2 Å². The highest BCUT2D eigenvalue weighted by Crippen LogP contribution is 2.22. The molecular formula is C14H20N2O. The lowest BCUT2D eigenvalue weighted by Gasteiger charge is -2.20. The zero-order valence-corrected chi connectivity index (χ0v) is 11.0. The first-order valence-electron chi connectivity index (χ1n) is 5.91. The van der Waals surface area contributed by atoms with Crippen molar-refractivity contribution in [2.45, 2.75) is 19.5 Å². The third-order valence-electron chi connectivity index (χ3n) is 3.32. The molecule has 0 unspecified atom stereocenters. The zero-order chi connectivity index (χ0) is 12.4. The number of likely N-dealkylation sites (N-methyl/N-ethyl adjacent to an activating group) is 1. The van der Waals surface area contributed by atoms with E-state index in [-0.39, 0.29) is 0 Å². The van der Waals surface area contributed by atoms with Gasteiger partial charge in [-0.15, -0.1) is 0 Å².